The lowest BCUT2D eigenvalue weighted by Crippen LogP contribution is -2.34. The molecule has 1 atom stereocenters. The van der Waals surface area contributed by atoms with Gasteiger partial charge in [0.15, 0.2) is 11.5 Å². The van der Waals surface area contributed by atoms with Crippen molar-refractivity contribution in [1.82, 2.24) is 10.3 Å². The Hall–Kier alpha value is -2.31. The van der Waals surface area contributed by atoms with Crippen molar-refractivity contribution in [2.45, 2.75) is 25.6 Å². The molecule has 0 spiro atoms. The molecule has 0 amide bonds. The summed E-state index contributed by atoms with van der Waals surface area (Å²) in [5.41, 5.74) is 3.98. The summed E-state index contributed by atoms with van der Waals surface area (Å²) in [4.78, 5) is 13.5. The molecule has 0 bridgehead atoms. The predicted octanol–water partition coefficient (Wildman–Crippen LogP) is 3.01. The van der Waals surface area contributed by atoms with E-state index < -0.39 is 17.9 Å². The number of Topliss-reactive ketones (excluding diaryl/α,β-unsaturated/α-hetero) is 1. The smallest absolute Gasteiger partial charge is 0.364 e. The van der Waals surface area contributed by atoms with Crippen LogP contribution in [0.3, 0.4) is 0 Å². The summed E-state index contributed by atoms with van der Waals surface area (Å²) < 4.78 is 39.3. The van der Waals surface area contributed by atoms with Crippen LogP contribution in [0.4, 0.5) is 13.2 Å². The van der Waals surface area contributed by atoms with Gasteiger partial charge in [-0.1, -0.05) is 24.3 Å². The summed E-state index contributed by atoms with van der Waals surface area (Å²) in [5.74, 6) is -0.0638. The van der Waals surface area contributed by atoms with Gasteiger partial charge in [0.25, 0.3) is 0 Å². The van der Waals surface area contributed by atoms with Gasteiger partial charge in [0.2, 0.25) is 0 Å². The standard InChI is InChI=1S/C15H13F3N3O/c1-8-13(14(20-19-8)15(16,17)18)21(2)11-7-12(22)10-6-4-3-5-9(10)11/h3-6,11H,7H2,1-2H3. The molecular weight excluding hydrogens is 295 g/mol. The lowest BCUT2D eigenvalue weighted by Gasteiger charge is -2.29. The molecule has 0 aromatic heterocycles. The fourth-order valence-electron chi connectivity index (χ4n) is 2.94. The van der Waals surface area contributed by atoms with E-state index in [1.165, 1.54) is 11.8 Å². The van der Waals surface area contributed by atoms with E-state index in [0.29, 0.717) is 5.56 Å². The average molecular weight is 308 g/mol. The molecule has 1 heterocycles. The molecule has 1 aromatic carbocycles. The molecule has 4 nitrogen and oxygen atoms in total. The second-order valence-electron chi connectivity index (χ2n) is 5.32. The first-order valence-electron chi connectivity index (χ1n) is 6.73. The van der Waals surface area contributed by atoms with Crippen LogP contribution >= 0.6 is 0 Å². The Balaban J connectivity index is 1.99. The number of alkyl halides is 3. The van der Waals surface area contributed by atoms with Crippen LogP contribution < -0.4 is 5.43 Å². The van der Waals surface area contributed by atoms with Crippen molar-refractivity contribution in [3.05, 3.63) is 46.8 Å². The molecule has 1 aromatic rings. The van der Waals surface area contributed by atoms with Crippen molar-refractivity contribution in [3.8, 4) is 0 Å². The monoisotopic (exact) mass is 308 g/mol. The van der Waals surface area contributed by atoms with Gasteiger partial charge in [-0.05, 0) is 12.5 Å². The van der Waals surface area contributed by atoms with E-state index in [1.807, 2.05) is 0 Å². The molecule has 0 saturated heterocycles. The summed E-state index contributed by atoms with van der Waals surface area (Å²) in [6, 6.07) is 6.56. The number of carbonyl (C=O) groups is 1. The maximum atomic E-state index is 13.1. The summed E-state index contributed by atoms with van der Waals surface area (Å²) >= 11 is 0. The van der Waals surface area contributed by atoms with Crippen LogP contribution in [0, 0.1) is 0 Å². The van der Waals surface area contributed by atoms with E-state index >= 15 is 0 Å². The number of rotatable bonds is 2. The van der Waals surface area contributed by atoms with Crippen molar-refractivity contribution in [3.63, 3.8) is 0 Å². The quantitative estimate of drug-likeness (QED) is 0.843. The molecule has 1 aliphatic carbocycles. The zero-order valence-corrected chi connectivity index (χ0v) is 12.0. The first-order valence-corrected chi connectivity index (χ1v) is 6.73. The van der Waals surface area contributed by atoms with E-state index in [1.54, 1.807) is 31.3 Å². The zero-order chi connectivity index (χ0) is 16.1. The Bertz CT molecular complexity index is 706. The van der Waals surface area contributed by atoms with Crippen molar-refractivity contribution >= 4 is 11.5 Å². The highest BCUT2D eigenvalue weighted by Gasteiger charge is 2.45. The Kier molecular flexibility index (Phi) is 3.23. The number of carbonyl (C=O) groups excluding carboxylic acids is 1. The molecular formula is C15H13F3N3O. The number of halogens is 3. The van der Waals surface area contributed by atoms with E-state index in [2.05, 4.69) is 10.5 Å². The molecule has 7 heteroatoms. The normalized spacial score (nSPS) is 20.9. The predicted molar refractivity (Wildman–Crippen MR) is 74.2 cm³/mol. The minimum absolute atomic E-state index is 0.0638. The fourth-order valence-corrected chi connectivity index (χ4v) is 2.94. The van der Waals surface area contributed by atoms with Gasteiger partial charge in [0.1, 0.15) is 0 Å². The molecule has 0 fully saturated rings. The summed E-state index contributed by atoms with van der Waals surface area (Å²) in [5, 5.41) is 3.25. The Morgan fingerprint density at radius 1 is 1.27 bits per heavy atom. The maximum Gasteiger partial charge on any atom is 0.437 e. The molecule has 1 aliphatic heterocycles. The number of hydrogen-bond donors (Lipinski definition) is 0. The van der Waals surface area contributed by atoms with Crippen molar-refractivity contribution in [1.29, 1.82) is 0 Å². The molecule has 22 heavy (non-hydrogen) atoms. The van der Waals surface area contributed by atoms with E-state index in [4.69, 9.17) is 0 Å². The number of benzene rings is 1. The van der Waals surface area contributed by atoms with Crippen LogP contribution in [0.5, 0.6) is 0 Å². The molecule has 0 saturated carbocycles. The van der Waals surface area contributed by atoms with Crippen LogP contribution in [0.1, 0.15) is 35.3 Å². The molecule has 3 rings (SSSR count). The third-order valence-corrected chi connectivity index (χ3v) is 3.95. The third-order valence-electron chi connectivity index (χ3n) is 3.95. The number of allylic oxidation sites excluding steroid dienone is 2. The second-order valence-corrected chi connectivity index (χ2v) is 5.32. The highest BCUT2D eigenvalue weighted by molar-refractivity contribution is 6.06. The Labute approximate surface area is 125 Å². The number of fused-ring (bicyclic) bond motifs is 1. The van der Waals surface area contributed by atoms with Gasteiger partial charge in [-0.3, -0.25) is 4.79 Å². The van der Waals surface area contributed by atoms with Gasteiger partial charge in [-0.2, -0.15) is 18.6 Å². The van der Waals surface area contributed by atoms with Crippen molar-refractivity contribution in [2.75, 3.05) is 7.05 Å². The minimum atomic E-state index is -4.58. The first-order chi connectivity index (χ1) is 10.3. The van der Waals surface area contributed by atoms with E-state index in [9.17, 15) is 18.0 Å². The van der Waals surface area contributed by atoms with Gasteiger partial charge in [0, 0.05) is 19.0 Å². The number of ketones is 1. The van der Waals surface area contributed by atoms with Crippen molar-refractivity contribution < 1.29 is 18.0 Å². The average Bonchev–Trinajstić information content (AvgIpc) is 3.00. The topological polar surface area (TPSA) is 46.8 Å². The summed E-state index contributed by atoms with van der Waals surface area (Å²) in [7, 11) is 1.54. The number of nitrogens with zero attached hydrogens (tertiary/aromatic N) is 3. The highest BCUT2D eigenvalue weighted by atomic mass is 19.4. The van der Waals surface area contributed by atoms with E-state index in [-0.39, 0.29) is 23.6 Å². The molecule has 2 aliphatic rings. The van der Waals surface area contributed by atoms with Gasteiger partial charge >= 0.3 is 6.18 Å². The van der Waals surface area contributed by atoms with Crippen LogP contribution in [0.15, 0.2) is 40.8 Å². The lowest BCUT2D eigenvalue weighted by atomic mass is 10.1. The summed E-state index contributed by atoms with van der Waals surface area (Å²) in [6.07, 6.45) is -4.43. The highest BCUT2D eigenvalue weighted by Crippen LogP contribution is 2.39. The fraction of sp³-hybridized carbons (Fsp3) is 0.333. The van der Waals surface area contributed by atoms with Crippen LogP contribution in [-0.4, -0.2) is 29.6 Å². The van der Waals surface area contributed by atoms with Crippen molar-refractivity contribution in [2.24, 2.45) is 5.10 Å². The second kappa shape index (κ2) is 4.86. The van der Waals surface area contributed by atoms with Crippen LogP contribution in [-0.2, 0) is 0 Å². The largest absolute Gasteiger partial charge is 0.437 e. The first kappa shape index (κ1) is 14.6. The van der Waals surface area contributed by atoms with Gasteiger partial charge in [-0.25, -0.2) is 0 Å². The lowest BCUT2D eigenvalue weighted by molar-refractivity contribution is -0.0594. The van der Waals surface area contributed by atoms with Gasteiger partial charge in [0.05, 0.1) is 17.4 Å². The zero-order valence-electron chi connectivity index (χ0n) is 12.0. The molecule has 1 unspecified atom stereocenters. The van der Waals surface area contributed by atoms with E-state index in [0.717, 1.165) is 5.56 Å². The summed E-state index contributed by atoms with van der Waals surface area (Å²) in [6.45, 7) is 1.48. The Morgan fingerprint density at radius 3 is 2.64 bits per heavy atom. The van der Waals surface area contributed by atoms with Gasteiger partial charge < -0.3 is 4.90 Å². The molecule has 115 valence electrons. The van der Waals surface area contributed by atoms with Crippen LogP contribution in [0.2, 0.25) is 0 Å². The third kappa shape index (κ3) is 2.17. The number of hydrogen-bond acceptors (Lipinski definition) is 3. The molecule has 0 N–H and O–H groups in total. The van der Waals surface area contributed by atoms with Crippen LogP contribution in [0.25, 0.3) is 0 Å². The van der Waals surface area contributed by atoms with Gasteiger partial charge in [-0.15, -0.1) is 5.10 Å². The minimum Gasteiger partial charge on any atom is -0.364 e. The SMILES string of the molecule is CC1=C(N(C)C2CC(=O)c3ccccc32)C(C(F)(F)F)=N[N]1. The molecule has 1 radical (unpaired) electrons. The Morgan fingerprint density at radius 2 is 1.95 bits per heavy atom. The maximum absolute atomic E-state index is 13.1.